The second-order valence-electron chi connectivity index (χ2n) is 4.81. The van der Waals surface area contributed by atoms with Gasteiger partial charge in [0, 0.05) is 13.7 Å². The Morgan fingerprint density at radius 2 is 2.00 bits per heavy atom. The van der Waals surface area contributed by atoms with Gasteiger partial charge in [0.25, 0.3) is 0 Å². The number of aliphatic hydroxyl groups is 1. The number of rotatable bonds is 7. The fourth-order valence-corrected chi connectivity index (χ4v) is 2.51. The molecule has 1 aliphatic carbocycles. The monoisotopic (exact) mass is 230 g/mol. The highest BCUT2D eigenvalue weighted by Gasteiger charge is 2.27. The first kappa shape index (κ1) is 13.9. The van der Waals surface area contributed by atoms with E-state index in [-0.39, 0.29) is 6.10 Å². The Hall–Kier alpha value is -0.120. The predicted octanol–water partition coefficient (Wildman–Crippen LogP) is 2.23. The van der Waals surface area contributed by atoms with Crippen molar-refractivity contribution in [3.63, 3.8) is 0 Å². The predicted molar refractivity (Wildman–Crippen MR) is 64.4 cm³/mol. The van der Waals surface area contributed by atoms with Gasteiger partial charge in [-0.15, -0.1) is 0 Å². The molecule has 3 atom stereocenters. The van der Waals surface area contributed by atoms with Crippen LogP contribution in [0.4, 0.5) is 0 Å². The van der Waals surface area contributed by atoms with E-state index in [1.165, 1.54) is 19.3 Å². The van der Waals surface area contributed by atoms with Gasteiger partial charge < -0.3 is 14.6 Å². The van der Waals surface area contributed by atoms with Gasteiger partial charge in [-0.05, 0) is 37.5 Å². The Balaban J connectivity index is 2.13. The molecule has 1 rings (SSSR count). The van der Waals surface area contributed by atoms with Crippen molar-refractivity contribution in [2.24, 2.45) is 11.8 Å². The minimum atomic E-state index is -0.103. The largest absolute Gasteiger partial charge is 0.393 e. The van der Waals surface area contributed by atoms with Crippen LogP contribution >= 0.6 is 0 Å². The summed E-state index contributed by atoms with van der Waals surface area (Å²) in [7, 11) is 1.68. The van der Waals surface area contributed by atoms with Crippen LogP contribution in [0.5, 0.6) is 0 Å². The van der Waals surface area contributed by atoms with E-state index in [9.17, 15) is 5.11 Å². The summed E-state index contributed by atoms with van der Waals surface area (Å²) in [6.07, 6.45) is 5.47. The smallest absolute Gasteiger partial charge is 0.0700 e. The molecule has 0 heterocycles. The summed E-state index contributed by atoms with van der Waals surface area (Å²) in [5.41, 5.74) is 0. The third-order valence-corrected chi connectivity index (χ3v) is 3.69. The third kappa shape index (κ3) is 4.81. The summed E-state index contributed by atoms with van der Waals surface area (Å²) in [6, 6.07) is 0. The van der Waals surface area contributed by atoms with Crippen LogP contribution in [0, 0.1) is 11.8 Å². The molecule has 3 nitrogen and oxygen atoms in total. The fourth-order valence-electron chi connectivity index (χ4n) is 2.51. The minimum absolute atomic E-state index is 0.103. The Labute approximate surface area is 99.1 Å². The zero-order valence-electron chi connectivity index (χ0n) is 10.7. The van der Waals surface area contributed by atoms with Crippen molar-refractivity contribution in [2.75, 3.05) is 26.9 Å². The average Bonchev–Trinajstić information content (AvgIpc) is 2.31. The Morgan fingerprint density at radius 1 is 1.19 bits per heavy atom. The molecular weight excluding hydrogens is 204 g/mol. The molecule has 96 valence electrons. The van der Waals surface area contributed by atoms with Gasteiger partial charge in [-0.3, -0.25) is 0 Å². The summed E-state index contributed by atoms with van der Waals surface area (Å²) < 4.78 is 10.4. The van der Waals surface area contributed by atoms with Crippen LogP contribution in [-0.2, 0) is 9.47 Å². The van der Waals surface area contributed by atoms with Gasteiger partial charge in [0.15, 0.2) is 0 Å². The maximum Gasteiger partial charge on any atom is 0.0700 e. The first-order valence-corrected chi connectivity index (χ1v) is 6.52. The zero-order chi connectivity index (χ0) is 11.8. The molecule has 3 heteroatoms. The van der Waals surface area contributed by atoms with Crippen molar-refractivity contribution in [1.29, 1.82) is 0 Å². The van der Waals surface area contributed by atoms with E-state index in [1.54, 1.807) is 7.11 Å². The lowest BCUT2D eigenvalue weighted by atomic mass is 9.77. The molecular formula is C13H26O3. The first-order chi connectivity index (χ1) is 7.77. The normalized spacial score (nSPS) is 30.6. The summed E-state index contributed by atoms with van der Waals surface area (Å²) in [5, 5.41) is 9.90. The van der Waals surface area contributed by atoms with Gasteiger partial charge >= 0.3 is 0 Å². The summed E-state index contributed by atoms with van der Waals surface area (Å²) >= 11 is 0. The number of hydrogen-bond acceptors (Lipinski definition) is 3. The molecule has 0 amide bonds. The van der Waals surface area contributed by atoms with Crippen molar-refractivity contribution in [3.8, 4) is 0 Å². The molecule has 1 fully saturated rings. The van der Waals surface area contributed by atoms with Gasteiger partial charge in [0.2, 0.25) is 0 Å². The van der Waals surface area contributed by atoms with Crippen LogP contribution in [0.15, 0.2) is 0 Å². The second kappa shape index (κ2) is 8.04. The number of hydrogen-bond donors (Lipinski definition) is 1. The van der Waals surface area contributed by atoms with Gasteiger partial charge in [0.1, 0.15) is 0 Å². The standard InChI is InChI=1S/C13H26O3/c1-3-11-4-5-13(14)12(10-11)6-7-16-9-8-15-2/h11-14H,3-10H2,1-2H3. The van der Waals surface area contributed by atoms with Crippen LogP contribution in [-0.4, -0.2) is 38.1 Å². The molecule has 0 saturated heterocycles. The van der Waals surface area contributed by atoms with Gasteiger partial charge in [-0.25, -0.2) is 0 Å². The van der Waals surface area contributed by atoms with E-state index in [4.69, 9.17) is 9.47 Å². The highest BCUT2D eigenvalue weighted by Crippen LogP contribution is 2.33. The Kier molecular flexibility index (Phi) is 7.01. The van der Waals surface area contributed by atoms with Gasteiger partial charge in [-0.1, -0.05) is 13.3 Å². The maximum absolute atomic E-state index is 9.90. The molecule has 0 aliphatic heterocycles. The molecule has 0 bridgehead atoms. The minimum Gasteiger partial charge on any atom is -0.393 e. The van der Waals surface area contributed by atoms with Gasteiger partial charge in [0.05, 0.1) is 19.3 Å². The van der Waals surface area contributed by atoms with Gasteiger partial charge in [-0.2, -0.15) is 0 Å². The highest BCUT2D eigenvalue weighted by atomic mass is 16.5. The van der Waals surface area contributed by atoms with E-state index in [2.05, 4.69) is 6.92 Å². The zero-order valence-corrected chi connectivity index (χ0v) is 10.7. The lowest BCUT2D eigenvalue weighted by Gasteiger charge is -2.32. The molecule has 0 aromatic carbocycles. The van der Waals surface area contributed by atoms with Crippen molar-refractivity contribution in [1.82, 2.24) is 0 Å². The quantitative estimate of drug-likeness (QED) is 0.682. The lowest BCUT2D eigenvalue weighted by molar-refractivity contribution is 0.0140. The van der Waals surface area contributed by atoms with Crippen LogP contribution < -0.4 is 0 Å². The Morgan fingerprint density at radius 3 is 2.69 bits per heavy atom. The number of methoxy groups -OCH3 is 1. The molecule has 1 saturated carbocycles. The lowest BCUT2D eigenvalue weighted by Crippen LogP contribution is -2.30. The molecule has 1 aliphatic rings. The summed E-state index contributed by atoms with van der Waals surface area (Å²) in [5.74, 6) is 1.26. The van der Waals surface area contributed by atoms with Crippen LogP contribution in [0.1, 0.15) is 39.0 Å². The van der Waals surface area contributed by atoms with E-state index < -0.39 is 0 Å². The SMILES string of the molecule is CCC1CCC(O)C(CCOCCOC)C1. The summed E-state index contributed by atoms with van der Waals surface area (Å²) in [4.78, 5) is 0. The molecule has 3 unspecified atom stereocenters. The van der Waals surface area contributed by atoms with E-state index >= 15 is 0 Å². The average molecular weight is 230 g/mol. The molecule has 16 heavy (non-hydrogen) atoms. The Bertz CT molecular complexity index is 173. The molecule has 0 aromatic rings. The fraction of sp³-hybridized carbons (Fsp3) is 1.00. The van der Waals surface area contributed by atoms with E-state index in [1.807, 2.05) is 0 Å². The second-order valence-corrected chi connectivity index (χ2v) is 4.81. The molecule has 0 radical (unpaired) electrons. The topological polar surface area (TPSA) is 38.7 Å². The van der Waals surface area contributed by atoms with Crippen molar-refractivity contribution >= 4 is 0 Å². The third-order valence-electron chi connectivity index (χ3n) is 3.69. The molecule has 1 N–H and O–H groups in total. The highest BCUT2D eigenvalue weighted by molar-refractivity contribution is 4.79. The molecule has 0 aromatic heterocycles. The van der Waals surface area contributed by atoms with Crippen LogP contribution in [0.2, 0.25) is 0 Å². The van der Waals surface area contributed by atoms with Crippen LogP contribution in [0.25, 0.3) is 0 Å². The van der Waals surface area contributed by atoms with Crippen molar-refractivity contribution < 1.29 is 14.6 Å². The summed E-state index contributed by atoms with van der Waals surface area (Å²) in [6.45, 7) is 4.32. The van der Waals surface area contributed by atoms with E-state index in [0.717, 1.165) is 25.4 Å². The van der Waals surface area contributed by atoms with E-state index in [0.29, 0.717) is 19.1 Å². The first-order valence-electron chi connectivity index (χ1n) is 6.52. The number of aliphatic hydroxyl groups excluding tert-OH is 1. The van der Waals surface area contributed by atoms with Crippen molar-refractivity contribution in [3.05, 3.63) is 0 Å². The van der Waals surface area contributed by atoms with Crippen LogP contribution in [0.3, 0.4) is 0 Å². The van der Waals surface area contributed by atoms with Crippen molar-refractivity contribution in [2.45, 2.75) is 45.1 Å². The maximum atomic E-state index is 9.90. The molecule has 0 spiro atoms. The number of ether oxygens (including phenoxy) is 2.